The Kier molecular flexibility index (Phi) is 6.05. The van der Waals surface area contributed by atoms with Gasteiger partial charge in [-0.25, -0.2) is 0 Å². The predicted molar refractivity (Wildman–Crippen MR) is 120 cm³/mol. The number of ether oxygens (including phenoxy) is 5. The zero-order valence-corrected chi connectivity index (χ0v) is 18.5. The molecule has 7 heteroatoms. The lowest BCUT2D eigenvalue weighted by atomic mass is 9.78. The van der Waals surface area contributed by atoms with Crippen LogP contribution in [0.1, 0.15) is 35.2 Å². The molecule has 33 heavy (non-hydrogen) atoms. The van der Waals surface area contributed by atoms with E-state index in [0.717, 1.165) is 5.56 Å². The number of rotatable bonds is 6. The highest BCUT2D eigenvalue weighted by Crippen LogP contribution is 2.39. The van der Waals surface area contributed by atoms with Crippen LogP contribution < -0.4 is 14.2 Å². The lowest BCUT2D eigenvalue weighted by Crippen LogP contribution is -2.41. The van der Waals surface area contributed by atoms with E-state index in [9.17, 15) is 9.59 Å². The van der Waals surface area contributed by atoms with Gasteiger partial charge >= 0.3 is 0 Å². The van der Waals surface area contributed by atoms with E-state index in [2.05, 4.69) is 0 Å². The molecule has 3 unspecified atom stereocenters. The second-order valence-corrected chi connectivity index (χ2v) is 8.43. The summed E-state index contributed by atoms with van der Waals surface area (Å²) in [5.41, 5.74) is 1.91. The third kappa shape index (κ3) is 4.46. The molecule has 0 N–H and O–H groups in total. The van der Waals surface area contributed by atoms with Crippen LogP contribution in [-0.4, -0.2) is 50.7 Å². The van der Waals surface area contributed by atoms with Crippen molar-refractivity contribution in [3.63, 3.8) is 0 Å². The van der Waals surface area contributed by atoms with Crippen LogP contribution in [0.4, 0.5) is 0 Å². The van der Waals surface area contributed by atoms with Gasteiger partial charge in [-0.2, -0.15) is 0 Å². The van der Waals surface area contributed by atoms with Gasteiger partial charge in [0.05, 0.1) is 31.0 Å². The van der Waals surface area contributed by atoms with Crippen LogP contribution in [-0.2, 0) is 14.3 Å². The number of hydrogen-bond donors (Lipinski definition) is 0. The number of fused-ring (bicyclic) bond motifs is 2. The van der Waals surface area contributed by atoms with Crippen molar-refractivity contribution < 1.29 is 33.3 Å². The number of ketones is 2. The molecule has 5 rings (SSSR count). The number of carbonyl (C=O) groups is 2. The van der Waals surface area contributed by atoms with E-state index in [1.807, 2.05) is 18.2 Å². The van der Waals surface area contributed by atoms with Crippen LogP contribution in [0.25, 0.3) is 5.57 Å². The molecule has 1 fully saturated rings. The third-order valence-corrected chi connectivity index (χ3v) is 6.42. The zero-order valence-electron chi connectivity index (χ0n) is 18.5. The van der Waals surface area contributed by atoms with E-state index in [1.165, 1.54) is 0 Å². The maximum atomic E-state index is 13.2. The standard InChI is InChI=1S/C26H26O7/c1-29-18-5-2-16(3-6-18)22(27)15-32-19-7-8-20-24(13-19)33-14-21(26(20)28)17-4-9-23-25(12-17)31-11-10-30-23/h2-6,9,12,14,19-20,24H,7-8,10-11,13,15H2,1H3. The summed E-state index contributed by atoms with van der Waals surface area (Å²) in [7, 11) is 1.59. The Balaban J connectivity index is 1.20. The lowest BCUT2D eigenvalue weighted by Gasteiger charge is -2.37. The Labute approximate surface area is 192 Å². The van der Waals surface area contributed by atoms with E-state index < -0.39 is 0 Å². The summed E-state index contributed by atoms with van der Waals surface area (Å²) in [5.74, 6) is 1.82. The quantitative estimate of drug-likeness (QED) is 0.619. The molecule has 1 aliphatic carbocycles. The van der Waals surface area contributed by atoms with E-state index >= 15 is 0 Å². The molecule has 2 aromatic rings. The van der Waals surface area contributed by atoms with E-state index in [4.69, 9.17) is 23.7 Å². The first kappa shape index (κ1) is 21.5. The number of hydrogen-bond acceptors (Lipinski definition) is 7. The van der Waals surface area contributed by atoms with Crippen LogP contribution >= 0.6 is 0 Å². The molecule has 0 saturated heterocycles. The van der Waals surface area contributed by atoms with Gasteiger partial charge in [-0.05, 0) is 54.8 Å². The topological polar surface area (TPSA) is 80.3 Å². The molecule has 3 atom stereocenters. The van der Waals surface area contributed by atoms with Crippen molar-refractivity contribution in [3.05, 3.63) is 59.9 Å². The largest absolute Gasteiger partial charge is 0.497 e. The molecule has 1 saturated carbocycles. The first-order valence-electron chi connectivity index (χ1n) is 11.2. The molecule has 0 radical (unpaired) electrons. The van der Waals surface area contributed by atoms with E-state index in [0.29, 0.717) is 60.9 Å². The first-order valence-corrected chi connectivity index (χ1v) is 11.2. The molecule has 3 aliphatic rings. The van der Waals surface area contributed by atoms with Gasteiger partial charge in [0.25, 0.3) is 0 Å². The molecule has 0 bridgehead atoms. The van der Waals surface area contributed by atoms with Crippen LogP contribution in [0.15, 0.2) is 48.7 Å². The summed E-state index contributed by atoms with van der Waals surface area (Å²) in [6.07, 6.45) is 3.14. The number of Topliss-reactive ketones (excluding diaryl/α,β-unsaturated/α-hetero) is 2. The summed E-state index contributed by atoms with van der Waals surface area (Å²) in [6.45, 7) is 1.02. The Morgan fingerprint density at radius 3 is 2.61 bits per heavy atom. The molecular weight excluding hydrogens is 424 g/mol. The average molecular weight is 450 g/mol. The zero-order chi connectivity index (χ0) is 22.8. The highest BCUT2D eigenvalue weighted by molar-refractivity contribution is 6.22. The number of carbonyl (C=O) groups excluding carboxylic acids is 2. The summed E-state index contributed by atoms with van der Waals surface area (Å²) in [6, 6.07) is 12.5. The molecule has 2 heterocycles. The lowest BCUT2D eigenvalue weighted by molar-refractivity contribution is -0.127. The minimum atomic E-state index is -0.242. The van der Waals surface area contributed by atoms with Gasteiger partial charge < -0.3 is 23.7 Å². The van der Waals surface area contributed by atoms with Crippen molar-refractivity contribution in [2.75, 3.05) is 26.9 Å². The van der Waals surface area contributed by atoms with Crippen LogP contribution in [0, 0.1) is 5.92 Å². The predicted octanol–water partition coefficient (Wildman–Crippen LogP) is 3.84. The normalized spacial score (nSPS) is 23.7. The molecular formula is C26H26O7. The van der Waals surface area contributed by atoms with Gasteiger partial charge in [-0.15, -0.1) is 0 Å². The Morgan fingerprint density at radius 2 is 1.82 bits per heavy atom. The SMILES string of the molecule is COc1ccc(C(=O)COC2CCC3C(=O)C(c4ccc5c(c4)OCCO5)=COC3C2)cc1. The first-order chi connectivity index (χ1) is 16.1. The molecule has 172 valence electrons. The Hall–Kier alpha value is -3.32. The molecule has 0 aromatic heterocycles. The fourth-order valence-corrected chi connectivity index (χ4v) is 4.58. The smallest absolute Gasteiger partial charge is 0.188 e. The van der Waals surface area contributed by atoms with Crippen molar-refractivity contribution >= 4 is 17.1 Å². The Bertz CT molecular complexity index is 1070. The minimum Gasteiger partial charge on any atom is -0.497 e. The van der Waals surface area contributed by atoms with Gasteiger partial charge in [-0.1, -0.05) is 6.07 Å². The van der Waals surface area contributed by atoms with Gasteiger partial charge in [0.2, 0.25) is 0 Å². The maximum Gasteiger partial charge on any atom is 0.188 e. The average Bonchev–Trinajstić information content (AvgIpc) is 2.87. The van der Waals surface area contributed by atoms with E-state index in [-0.39, 0.29) is 36.3 Å². The molecule has 2 aliphatic heterocycles. The summed E-state index contributed by atoms with van der Waals surface area (Å²) >= 11 is 0. The second-order valence-electron chi connectivity index (χ2n) is 8.43. The summed E-state index contributed by atoms with van der Waals surface area (Å²) in [4.78, 5) is 25.7. The fraction of sp³-hybridized carbons (Fsp3) is 0.385. The highest BCUT2D eigenvalue weighted by atomic mass is 16.6. The second kappa shape index (κ2) is 9.27. The molecule has 0 amide bonds. The third-order valence-electron chi connectivity index (χ3n) is 6.42. The number of allylic oxidation sites excluding steroid dienone is 1. The van der Waals surface area contributed by atoms with Gasteiger partial charge in [0.1, 0.15) is 31.7 Å². The molecule has 2 aromatic carbocycles. The highest BCUT2D eigenvalue weighted by Gasteiger charge is 2.41. The van der Waals surface area contributed by atoms with Crippen molar-refractivity contribution in [1.29, 1.82) is 0 Å². The van der Waals surface area contributed by atoms with E-state index in [1.54, 1.807) is 37.6 Å². The maximum absolute atomic E-state index is 13.2. The summed E-state index contributed by atoms with van der Waals surface area (Å²) in [5, 5.41) is 0. The van der Waals surface area contributed by atoms with Crippen molar-refractivity contribution in [3.8, 4) is 17.2 Å². The van der Waals surface area contributed by atoms with Gasteiger partial charge in [0.15, 0.2) is 23.1 Å². The van der Waals surface area contributed by atoms with Crippen molar-refractivity contribution in [2.45, 2.75) is 31.5 Å². The number of benzene rings is 2. The van der Waals surface area contributed by atoms with Gasteiger partial charge in [-0.3, -0.25) is 9.59 Å². The van der Waals surface area contributed by atoms with Crippen molar-refractivity contribution in [1.82, 2.24) is 0 Å². The molecule has 7 nitrogen and oxygen atoms in total. The minimum absolute atomic E-state index is 0.000610. The Morgan fingerprint density at radius 1 is 1.03 bits per heavy atom. The number of methoxy groups -OCH3 is 1. The van der Waals surface area contributed by atoms with Gasteiger partial charge in [0, 0.05) is 12.0 Å². The summed E-state index contributed by atoms with van der Waals surface area (Å²) < 4.78 is 28.2. The van der Waals surface area contributed by atoms with Crippen molar-refractivity contribution in [2.24, 2.45) is 5.92 Å². The van der Waals surface area contributed by atoms with Crippen LogP contribution in [0.2, 0.25) is 0 Å². The monoisotopic (exact) mass is 450 g/mol. The fourth-order valence-electron chi connectivity index (χ4n) is 4.58. The molecule has 0 spiro atoms. The van der Waals surface area contributed by atoms with Crippen LogP contribution in [0.5, 0.6) is 17.2 Å². The van der Waals surface area contributed by atoms with Crippen LogP contribution in [0.3, 0.4) is 0 Å².